The van der Waals surface area contributed by atoms with Crippen molar-refractivity contribution in [1.29, 1.82) is 0 Å². The molecule has 2 heterocycles. The molecule has 188 valence electrons. The van der Waals surface area contributed by atoms with Gasteiger partial charge in [-0.25, -0.2) is 21.8 Å². The Hall–Kier alpha value is -3.68. The first-order valence-corrected chi connectivity index (χ1v) is 13.8. The molecule has 0 spiro atoms. The van der Waals surface area contributed by atoms with Crippen molar-refractivity contribution in [3.05, 3.63) is 71.6 Å². The lowest BCUT2D eigenvalue weighted by atomic mass is 10.0. The second-order valence-corrected chi connectivity index (χ2v) is 12.1. The van der Waals surface area contributed by atoms with Crippen molar-refractivity contribution in [1.82, 2.24) is 9.03 Å². The molecule has 1 amide bonds. The highest BCUT2D eigenvalue weighted by molar-refractivity contribution is 7.92. The van der Waals surface area contributed by atoms with E-state index in [4.69, 9.17) is 5.73 Å². The molecule has 13 heteroatoms. The third-order valence-corrected chi connectivity index (χ3v) is 9.22. The molecule has 0 saturated carbocycles. The summed E-state index contributed by atoms with van der Waals surface area (Å²) < 4.78 is 69.3. The van der Waals surface area contributed by atoms with Gasteiger partial charge < -0.3 is 10.8 Å². The number of anilines is 2. The van der Waals surface area contributed by atoms with E-state index in [-0.39, 0.29) is 24.2 Å². The van der Waals surface area contributed by atoms with Gasteiger partial charge in [0, 0.05) is 24.2 Å². The van der Waals surface area contributed by atoms with Gasteiger partial charge in [-0.15, -0.1) is 0 Å². The highest BCUT2D eigenvalue weighted by atomic mass is 32.2. The van der Waals surface area contributed by atoms with Gasteiger partial charge in [0.15, 0.2) is 5.82 Å². The van der Waals surface area contributed by atoms with Crippen LogP contribution in [0.4, 0.5) is 15.8 Å². The number of fused-ring (bicyclic) bond motifs is 1. The van der Waals surface area contributed by atoms with Gasteiger partial charge in [-0.1, -0.05) is 30.3 Å². The van der Waals surface area contributed by atoms with Crippen LogP contribution in [0.3, 0.4) is 0 Å². The number of carbonyl (C=O) groups is 1. The fourth-order valence-corrected chi connectivity index (χ4v) is 6.88. The SMILES string of the molecule is Nc1ccc(CS(=O)(=O)N2CC=C(c3ccc4cc(O)c(N5CC(=O)NS5(=O)=O)c(F)c4c3)C2)cc1. The van der Waals surface area contributed by atoms with Gasteiger partial charge in [0.25, 0.3) is 5.91 Å². The smallest absolute Gasteiger partial charge is 0.326 e. The first-order chi connectivity index (χ1) is 16.9. The average Bonchev–Trinajstić information content (AvgIpc) is 3.40. The van der Waals surface area contributed by atoms with Crippen molar-refractivity contribution >= 4 is 53.9 Å². The van der Waals surface area contributed by atoms with Gasteiger partial charge in [-0.2, -0.15) is 12.7 Å². The van der Waals surface area contributed by atoms with Gasteiger partial charge in [0.2, 0.25) is 10.0 Å². The van der Waals surface area contributed by atoms with Crippen LogP contribution in [0.5, 0.6) is 5.75 Å². The van der Waals surface area contributed by atoms with Crippen molar-refractivity contribution in [2.24, 2.45) is 0 Å². The van der Waals surface area contributed by atoms with Gasteiger partial charge in [0.1, 0.15) is 18.0 Å². The van der Waals surface area contributed by atoms with Crippen LogP contribution in [0.25, 0.3) is 16.3 Å². The molecule has 0 bridgehead atoms. The average molecular weight is 533 g/mol. The Bertz CT molecular complexity index is 1650. The van der Waals surface area contributed by atoms with E-state index in [9.17, 15) is 26.7 Å². The van der Waals surface area contributed by atoms with Crippen LogP contribution < -0.4 is 14.8 Å². The van der Waals surface area contributed by atoms with E-state index in [2.05, 4.69) is 0 Å². The number of phenols is 1. The van der Waals surface area contributed by atoms with Gasteiger partial charge in [-0.3, -0.25) is 4.79 Å². The normalized spacial score (nSPS) is 18.0. The second kappa shape index (κ2) is 8.47. The fourth-order valence-electron chi connectivity index (χ4n) is 4.28. The molecule has 0 atom stereocenters. The minimum absolute atomic E-state index is 0.0129. The third-order valence-electron chi connectivity index (χ3n) is 6.08. The van der Waals surface area contributed by atoms with E-state index in [0.717, 1.165) is 0 Å². The molecule has 0 aliphatic carbocycles. The number of benzene rings is 3. The molecule has 0 radical (unpaired) electrons. The molecule has 1 fully saturated rings. The minimum Gasteiger partial charge on any atom is -0.506 e. The number of halogens is 1. The molecule has 36 heavy (non-hydrogen) atoms. The van der Waals surface area contributed by atoms with E-state index < -0.39 is 49.9 Å². The molecular weight excluding hydrogens is 511 g/mol. The Morgan fingerprint density at radius 2 is 1.81 bits per heavy atom. The van der Waals surface area contributed by atoms with Crippen LogP contribution in [-0.2, 0) is 30.8 Å². The first-order valence-electron chi connectivity index (χ1n) is 10.7. The summed E-state index contributed by atoms with van der Waals surface area (Å²) in [5, 5.41) is 10.7. The predicted molar refractivity (Wildman–Crippen MR) is 133 cm³/mol. The maximum Gasteiger partial charge on any atom is 0.326 e. The Kier molecular flexibility index (Phi) is 5.65. The maximum absolute atomic E-state index is 15.5. The fraction of sp³-hybridized carbons (Fsp3) is 0.174. The van der Waals surface area contributed by atoms with Crippen molar-refractivity contribution in [3.63, 3.8) is 0 Å². The zero-order chi connectivity index (χ0) is 25.8. The Balaban J connectivity index is 1.44. The Morgan fingerprint density at radius 3 is 2.47 bits per heavy atom. The third kappa shape index (κ3) is 4.25. The lowest BCUT2D eigenvalue weighted by Crippen LogP contribution is -2.30. The molecule has 3 aromatic rings. The Labute approximate surface area is 206 Å². The number of amides is 1. The van der Waals surface area contributed by atoms with Crippen LogP contribution in [0, 0.1) is 5.82 Å². The standard InChI is InChI=1S/C23H21FN4O6S2/c24-22-19-9-15(3-4-16(19)10-20(29)23(22)28-12-21(30)26-36(28,33)34)17-7-8-27(11-17)35(31,32)13-14-1-5-18(25)6-2-14/h1-7,9-10,29H,8,11-13,25H2,(H,26,30). The van der Waals surface area contributed by atoms with Crippen LogP contribution in [0.15, 0.2) is 54.6 Å². The molecule has 5 rings (SSSR count). The number of carbonyl (C=O) groups excluding carboxylic acids is 1. The number of nitrogens with two attached hydrogens (primary N) is 1. The quantitative estimate of drug-likeness (QED) is 0.423. The number of aromatic hydroxyl groups is 1. The molecule has 0 aromatic heterocycles. The van der Waals surface area contributed by atoms with Crippen molar-refractivity contribution < 1.29 is 31.1 Å². The summed E-state index contributed by atoms with van der Waals surface area (Å²) in [6, 6.07) is 12.5. The highest BCUT2D eigenvalue weighted by Crippen LogP contribution is 2.39. The van der Waals surface area contributed by atoms with Crippen molar-refractivity contribution in [2.45, 2.75) is 5.75 Å². The molecule has 2 aliphatic heterocycles. The lowest BCUT2D eigenvalue weighted by molar-refractivity contribution is -0.117. The molecule has 0 unspecified atom stereocenters. The zero-order valence-electron chi connectivity index (χ0n) is 18.7. The van der Waals surface area contributed by atoms with E-state index in [1.165, 1.54) is 16.4 Å². The number of nitrogen functional groups attached to an aromatic ring is 1. The number of hydrogen-bond donors (Lipinski definition) is 3. The van der Waals surface area contributed by atoms with E-state index in [0.29, 0.717) is 32.1 Å². The van der Waals surface area contributed by atoms with Crippen molar-refractivity contribution in [3.8, 4) is 5.75 Å². The maximum atomic E-state index is 15.5. The number of sulfonamides is 1. The summed E-state index contributed by atoms with van der Waals surface area (Å²) in [5.41, 5.74) is 7.35. The highest BCUT2D eigenvalue weighted by Gasteiger charge is 2.38. The molecule has 2 aliphatic rings. The van der Waals surface area contributed by atoms with Crippen LogP contribution >= 0.6 is 0 Å². The van der Waals surface area contributed by atoms with Gasteiger partial charge in [0.05, 0.1) is 5.75 Å². The number of nitrogens with zero attached hydrogens (tertiary/aromatic N) is 2. The number of phenolic OH excluding ortho intramolecular Hbond substituents is 1. The first kappa shape index (κ1) is 24.0. The topological polar surface area (TPSA) is 150 Å². The molecule has 4 N–H and O–H groups in total. The zero-order valence-corrected chi connectivity index (χ0v) is 20.3. The van der Waals surface area contributed by atoms with Crippen molar-refractivity contribution in [2.75, 3.05) is 29.7 Å². The van der Waals surface area contributed by atoms with Gasteiger partial charge in [-0.05, 0) is 46.4 Å². The summed E-state index contributed by atoms with van der Waals surface area (Å²) in [7, 11) is -7.98. The summed E-state index contributed by atoms with van der Waals surface area (Å²) in [4.78, 5) is 11.6. The van der Waals surface area contributed by atoms with E-state index in [1.807, 2.05) is 0 Å². The van der Waals surface area contributed by atoms with Crippen LogP contribution in [-0.4, -0.2) is 51.8 Å². The largest absolute Gasteiger partial charge is 0.506 e. The van der Waals surface area contributed by atoms with Crippen LogP contribution in [0.1, 0.15) is 11.1 Å². The summed E-state index contributed by atoms with van der Waals surface area (Å²) >= 11 is 0. The summed E-state index contributed by atoms with van der Waals surface area (Å²) in [5.74, 6) is -2.69. The number of nitrogens with one attached hydrogen (secondary N) is 1. The van der Waals surface area contributed by atoms with E-state index >= 15 is 4.39 Å². The monoisotopic (exact) mass is 532 g/mol. The molecule has 10 nitrogen and oxygen atoms in total. The Morgan fingerprint density at radius 1 is 1.08 bits per heavy atom. The summed E-state index contributed by atoms with van der Waals surface area (Å²) in [6.45, 7) is -0.438. The van der Waals surface area contributed by atoms with Gasteiger partial charge >= 0.3 is 10.2 Å². The molecule has 1 saturated heterocycles. The lowest BCUT2D eigenvalue weighted by Gasteiger charge is -2.19. The molecular formula is C23H21FN4O6S2. The second-order valence-electron chi connectivity index (χ2n) is 8.55. The number of hydrogen-bond acceptors (Lipinski definition) is 7. The van der Waals surface area contributed by atoms with Crippen LogP contribution in [0.2, 0.25) is 0 Å². The number of rotatable bonds is 5. The predicted octanol–water partition coefficient (Wildman–Crippen LogP) is 1.68. The van der Waals surface area contributed by atoms with E-state index in [1.54, 1.807) is 47.2 Å². The molecule has 3 aromatic carbocycles. The minimum atomic E-state index is -4.34. The summed E-state index contributed by atoms with van der Waals surface area (Å²) in [6.07, 6.45) is 1.73.